The van der Waals surface area contributed by atoms with Crippen LogP contribution in [0.2, 0.25) is 5.02 Å². The van der Waals surface area contributed by atoms with Crippen molar-refractivity contribution in [2.45, 2.75) is 32.2 Å². The fourth-order valence-corrected chi connectivity index (χ4v) is 4.24. The zero-order valence-electron chi connectivity index (χ0n) is 18.0. The van der Waals surface area contributed by atoms with E-state index in [4.69, 9.17) is 20.8 Å². The third-order valence-corrected chi connectivity index (χ3v) is 6.50. The van der Waals surface area contributed by atoms with Crippen LogP contribution >= 0.6 is 23.4 Å². The normalized spacial score (nSPS) is 11.1. The molecule has 1 aromatic carbocycles. The van der Waals surface area contributed by atoms with E-state index in [1.165, 1.54) is 11.8 Å². The maximum Gasteiger partial charge on any atom is 0.192 e. The lowest BCUT2D eigenvalue weighted by Gasteiger charge is -2.10. The molecule has 3 heterocycles. The van der Waals surface area contributed by atoms with Gasteiger partial charge in [0.25, 0.3) is 0 Å². The van der Waals surface area contributed by atoms with Gasteiger partial charge in [0.2, 0.25) is 0 Å². The maximum atomic E-state index is 12.8. The number of halogens is 1. The smallest absolute Gasteiger partial charge is 0.192 e. The van der Waals surface area contributed by atoms with Crippen LogP contribution in [0.5, 0.6) is 5.75 Å². The Morgan fingerprint density at radius 3 is 2.62 bits per heavy atom. The monoisotopic (exact) mass is 470 g/mol. The number of aromatic nitrogens is 4. The predicted molar refractivity (Wildman–Crippen MR) is 124 cm³/mol. The molecule has 0 aliphatic heterocycles. The number of aryl methyl sites for hydroxylation is 1. The molecule has 0 unspecified atom stereocenters. The molecule has 4 aromatic rings. The third-order valence-electron chi connectivity index (χ3n) is 5.28. The Hall–Kier alpha value is -2.97. The fraction of sp³-hybridized carbons (Fsp3) is 0.261. The molecule has 0 fully saturated rings. The highest BCUT2D eigenvalue weighted by Crippen LogP contribution is 2.23. The van der Waals surface area contributed by atoms with Crippen LogP contribution < -0.4 is 4.74 Å². The molecule has 0 aliphatic rings. The Morgan fingerprint density at radius 1 is 1.19 bits per heavy atom. The van der Waals surface area contributed by atoms with Gasteiger partial charge in [-0.25, -0.2) is 0 Å². The molecule has 4 rings (SSSR count). The summed E-state index contributed by atoms with van der Waals surface area (Å²) in [5.74, 6) is 2.40. The molecule has 0 N–H and O–H groups in total. The van der Waals surface area contributed by atoms with Gasteiger partial charge in [0.1, 0.15) is 18.1 Å². The highest BCUT2D eigenvalue weighted by molar-refractivity contribution is 7.99. The molecule has 9 heteroatoms. The molecular formula is C23H23ClN4O3S. The second-order valence-electron chi connectivity index (χ2n) is 7.36. The number of Topliss-reactive ketones (excluding diaryl/α,β-unsaturated/α-hetero) is 1. The van der Waals surface area contributed by atoms with Crippen LogP contribution in [0.4, 0.5) is 0 Å². The predicted octanol–water partition coefficient (Wildman–Crippen LogP) is 5.08. The average molecular weight is 471 g/mol. The van der Waals surface area contributed by atoms with Gasteiger partial charge in [-0.3, -0.25) is 9.36 Å². The number of rotatable bonds is 9. The minimum atomic E-state index is 0.0581. The Labute approximate surface area is 195 Å². The van der Waals surface area contributed by atoms with Crippen molar-refractivity contribution in [3.63, 3.8) is 0 Å². The van der Waals surface area contributed by atoms with Crippen molar-refractivity contribution in [1.82, 2.24) is 19.3 Å². The number of ketones is 1. The van der Waals surface area contributed by atoms with Crippen molar-refractivity contribution in [1.29, 1.82) is 0 Å². The summed E-state index contributed by atoms with van der Waals surface area (Å²) in [6.45, 7) is 4.61. The first kappa shape index (κ1) is 22.2. The molecule has 0 aliphatic carbocycles. The second-order valence-corrected chi connectivity index (χ2v) is 8.74. The Morgan fingerprint density at radius 2 is 1.97 bits per heavy atom. The van der Waals surface area contributed by atoms with Gasteiger partial charge in [-0.2, -0.15) is 0 Å². The van der Waals surface area contributed by atoms with Crippen molar-refractivity contribution in [2.24, 2.45) is 7.05 Å². The zero-order valence-corrected chi connectivity index (χ0v) is 19.6. The fourth-order valence-electron chi connectivity index (χ4n) is 3.27. The van der Waals surface area contributed by atoms with Gasteiger partial charge in [-0.1, -0.05) is 23.4 Å². The minimum Gasteiger partial charge on any atom is -0.486 e. The van der Waals surface area contributed by atoms with Crippen molar-refractivity contribution in [2.75, 3.05) is 5.75 Å². The molecule has 32 heavy (non-hydrogen) atoms. The number of benzene rings is 1. The first-order valence-corrected chi connectivity index (χ1v) is 11.4. The summed E-state index contributed by atoms with van der Waals surface area (Å²) in [6.07, 6.45) is 1.63. The van der Waals surface area contributed by atoms with E-state index in [0.717, 1.165) is 22.7 Å². The third kappa shape index (κ3) is 4.92. The van der Waals surface area contributed by atoms with Gasteiger partial charge in [-0.05, 0) is 56.3 Å². The lowest BCUT2D eigenvalue weighted by molar-refractivity contribution is 0.102. The van der Waals surface area contributed by atoms with Gasteiger partial charge in [0, 0.05) is 29.0 Å². The summed E-state index contributed by atoms with van der Waals surface area (Å²) in [5, 5.41) is 9.89. The van der Waals surface area contributed by atoms with E-state index in [2.05, 4.69) is 10.2 Å². The molecular weight excluding hydrogens is 448 g/mol. The summed E-state index contributed by atoms with van der Waals surface area (Å²) in [4.78, 5) is 12.8. The van der Waals surface area contributed by atoms with Crippen molar-refractivity contribution < 1.29 is 13.9 Å². The largest absolute Gasteiger partial charge is 0.486 e. The molecule has 3 aromatic heterocycles. The van der Waals surface area contributed by atoms with Gasteiger partial charge in [0.15, 0.2) is 16.8 Å². The van der Waals surface area contributed by atoms with Crippen molar-refractivity contribution in [3.05, 3.63) is 82.3 Å². The van der Waals surface area contributed by atoms with E-state index in [-0.39, 0.29) is 18.1 Å². The lowest BCUT2D eigenvalue weighted by atomic mass is 10.2. The minimum absolute atomic E-state index is 0.0581. The lowest BCUT2D eigenvalue weighted by Crippen LogP contribution is -2.10. The standard InChI is InChI=1S/C23H23ClN4O3S/c1-15-11-20(16(2)27(15)3)21(29)14-32-23-26-25-22(28(23)12-19-5-4-10-30-19)13-31-18-8-6-17(24)7-9-18/h4-11H,12-14H2,1-3H3. The van der Waals surface area contributed by atoms with Gasteiger partial charge in [-0.15, -0.1) is 10.2 Å². The summed E-state index contributed by atoms with van der Waals surface area (Å²) >= 11 is 7.29. The number of carbonyl (C=O) groups is 1. The maximum absolute atomic E-state index is 12.8. The van der Waals surface area contributed by atoms with E-state index < -0.39 is 0 Å². The number of thioether (sulfide) groups is 1. The number of ether oxygens (including phenoxy) is 1. The van der Waals surface area contributed by atoms with Crippen LogP contribution in [0.15, 0.2) is 58.3 Å². The molecule has 0 atom stereocenters. The SMILES string of the molecule is Cc1cc(C(=O)CSc2nnc(COc3ccc(Cl)cc3)n2Cc2ccco2)c(C)n1C. The number of hydrogen-bond acceptors (Lipinski definition) is 6. The van der Waals surface area contributed by atoms with Crippen molar-refractivity contribution >= 4 is 29.1 Å². The number of nitrogens with zero attached hydrogens (tertiary/aromatic N) is 4. The highest BCUT2D eigenvalue weighted by atomic mass is 35.5. The number of hydrogen-bond donors (Lipinski definition) is 0. The first-order chi connectivity index (χ1) is 15.4. The summed E-state index contributed by atoms with van der Waals surface area (Å²) in [7, 11) is 1.96. The van der Waals surface area contributed by atoms with Crippen LogP contribution in [-0.4, -0.2) is 30.9 Å². The summed E-state index contributed by atoms with van der Waals surface area (Å²) in [6, 6.07) is 12.8. The van der Waals surface area contributed by atoms with Crippen LogP contribution in [0.3, 0.4) is 0 Å². The Kier molecular flexibility index (Phi) is 6.72. The van der Waals surface area contributed by atoms with Gasteiger partial charge in [0.05, 0.1) is 18.6 Å². The average Bonchev–Trinajstić information content (AvgIpc) is 3.50. The second kappa shape index (κ2) is 9.67. The molecule has 0 radical (unpaired) electrons. The van der Waals surface area contributed by atoms with Crippen molar-refractivity contribution in [3.8, 4) is 5.75 Å². The van der Waals surface area contributed by atoms with E-state index in [1.807, 2.05) is 48.2 Å². The quantitative estimate of drug-likeness (QED) is 0.251. The zero-order chi connectivity index (χ0) is 22.7. The molecule has 0 saturated carbocycles. The highest BCUT2D eigenvalue weighted by Gasteiger charge is 2.19. The summed E-state index contributed by atoms with van der Waals surface area (Å²) < 4.78 is 15.3. The van der Waals surface area contributed by atoms with Crippen LogP contribution in [0, 0.1) is 13.8 Å². The Bertz CT molecular complexity index is 1210. The molecule has 0 bridgehead atoms. The van der Waals surface area contributed by atoms with E-state index in [9.17, 15) is 4.79 Å². The van der Waals surface area contributed by atoms with Gasteiger partial charge >= 0.3 is 0 Å². The molecule has 166 valence electrons. The van der Waals surface area contributed by atoms with E-state index in [0.29, 0.717) is 28.3 Å². The van der Waals surface area contributed by atoms with Crippen LogP contribution in [0.1, 0.15) is 33.3 Å². The summed E-state index contributed by atoms with van der Waals surface area (Å²) in [5.41, 5.74) is 2.75. The topological polar surface area (TPSA) is 75.1 Å². The molecule has 0 saturated heterocycles. The van der Waals surface area contributed by atoms with Crippen LogP contribution in [0.25, 0.3) is 0 Å². The van der Waals surface area contributed by atoms with E-state index in [1.54, 1.807) is 30.5 Å². The first-order valence-electron chi connectivity index (χ1n) is 10.0. The molecule has 0 spiro atoms. The number of carbonyl (C=O) groups excluding carboxylic acids is 1. The number of furan rings is 1. The van der Waals surface area contributed by atoms with Gasteiger partial charge < -0.3 is 13.7 Å². The van der Waals surface area contributed by atoms with E-state index >= 15 is 0 Å². The Balaban J connectivity index is 1.51. The molecule has 0 amide bonds. The van der Waals surface area contributed by atoms with Crippen LogP contribution in [-0.2, 0) is 20.2 Å². The molecule has 7 nitrogen and oxygen atoms in total.